The van der Waals surface area contributed by atoms with Crippen LogP contribution >= 0.6 is 0 Å². The Labute approximate surface area is 169 Å². The zero-order valence-corrected chi connectivity index (χ0v) is 18.7. The molecule has 0 aliphatic rings. The number of carboxylic acid groups (broad SMARTS) is 1. The molecule has 0 saturated heterocycles. The van der Waals surface area contributed by atoms with Crippen molar-refractivity contribution < 1.29 is 9.90 Å². The molecule has 3 heteroatoms. The fourth-order valence-corrected chi connectivity index (χ4v) is 3.30. The summed E-state index contributed by atoms with van der Waals surface area (Å²) in [6.45, 7) is 5.26. The van der Waals surface area contributed by atoms with Crippen LogP contribution in [0.15, 0.2) is 12.7 Å². The van der Waals surface area contributed by atoms with E-state index in [9.17, 15) is 4.79 Å². The van der Waals surface area contributed by atoms with Gasteiger partial charge in [-0.3, -0.25) is 0 Å². The maximum atomic E-state index is 9.25. The first kappa shape index (κ1) is 26.4. The molecule has 0 aliphatic carbocycles. The summed E-state index contributed by atoms with van der Waals surface area (Å²) >= 11 is 1.41. The van der Waals surface area contributed by atoms with Crippen LogP contribution in [0.5, 0.6) is 0 Å². The molecule has 0 spiro atoms. The molecule has 0 unspecified atom stereocenters. The number of carbonyl (C=O) groups is 1. The number of carboxylic acids is 1. The van der Waals surface area contributed by atoms with Gasteiger partial charge in [-0.25, -0.2) is 4.79 Å². The first-order chi connectivity index (χ1) is 11.7. The molecule has 0 radical (unpaired) electrons. The second-order valence-electron chi connectivity index (χ2n) is 6.85. The molecule has 0 bridgehead atoms. The standard InChI is InChI=1S/C18H37.C3H4O2.Na/c1-3-5-7-9-11-13-15-17-18-16-14-12-10-8-6-4-2;1-2-3(4)5;/h1,3-18H2,2H3;2H,1H2,(H,4,5);. The van der Waals surface area contributed by atoms with Crippen molar-refractivity contribution in [2.24, 2.45) is 0 Å². The van der Waals surface area contributed by atoms with E-state index < -0.39 is 5.97 Å². The molecule has 0 aliphatic heterocycles. The predicted octanol–water partition coefficient (Wildman–Crippen LogP) is 7.09. The molecule has 0 atom stereocenters. The molecule has 0 rings (SSSR count). The monoisotopic (exact) mass is 348 g/mol. The van der Waals surface area contributed by atoms with E-state index in [2.05, 4.69) is 13.5 Å². The zero-order valence-electron chi connectivity index (χ0n) is 16.7. The van der Waals surface area contributed by atoms with Crippen LogP contribution in [0.2, 0.25) is 3.67 Å². The Bertz CT molecular complexity index is 238. The van der Waals surface area contributed by atoms with Crippen molar-refractivity contribution in [1.82, 2.24) is 0 Å². The Morgan fingerprint density at radius 3 is 1.21 bits per heavy atom. The van der Waals surface area contributed by atoms with Gasteiger partial charge in [0.25, 0.3) is 0 Å². The van der Waals surface area contributed by atoms with Crippen molar-refractivity contribution in [2.45, 2.75) is 113 Å². The van der Waals surface area contributed by atoms with Crippen LogP contribution < -0.4 is 0 Å². The summed E-state index contributed by atoms with van der Waals surface area (Å²) in [4.78, 5) is 9.25. The molecule has 0 aromatic rings. The molecule has 2 nitrogen and oxygen atoms in total. The Morgan fingerprint density at radius 1 is 0.750 bits per heavy atom. The summed E-state index contributed by atoms with van der Waals surface area (Å²) in [5, 5.41) is 7.60. The summed E-state index contributed by atoms with van der Waals surface area (Å²) in [6.07, 6.45) is 24.6. The van der Waals surface area contributed by atoms with E-state index in [0.29, 0.717) is 0 Å². The normalized spacial score (nSPS) is 10.1. The van der Waals surface area contributed by atoms with Crippen LogP contribution in [0.3, 0.4) is 0 Å². The third-order valence-corrected chi connectivity index (χ3v) is 5.09. The van der Waals surface area contributed by atoms with Crippen molar-refractivity contribution in [1.29, 1.82) is 0 Å². The van der Waals surface area contributed by atoms with Crippen LogP contribution in [0, 0.1) is 0 Å². The SMILES string of the molecule is C=CC(=O)O.CCCCCCCCCCCCCCCCC[CH2][Na]. The second-order valence-corrected chi connectivity index (χ2v) is 7.85. The molecule has 0 aromatic heterocycles. The summed E-state index contributed by atoms with van der Waals surface area (Å²) in [7, 11) is 0. The first-order valence-corrected chi connectivity index (χ1v) is 12.0. The zero-order chi connectivity index (χ0) is 18.3. The van der Waals surface area contributed by atoms with Gasteiger partial charge in [0.05, 0.1) is 0 Å². The molecule has 0 amide bonds. The third-order valence-electron chi connectivity index (χ3n) is 4.38. The van der Waals surface area contributed by atoms with E-state index in [-0.39, 0.29) is 0 Å². The average molecular weight is 349 g/mol. The number of hydrogen-bond acceptors (Lipinski definition) is 1. The van der Waals surface area contributed by atoms with Gasteiger partial charge in [0.2, 0.25) is 0 Å². The maximum absolute atomic E-state index is 9.25. The van der Waals surface area contributed by atoms with Gasteiger partial charge in [0, 0.05) is 6.08 Å². The van der Waals surface area contributed by atoms with Crippen molar-refractivity contribution in [3.05, 3.63) is 12.7 Å². The van der Waals surface area contributed by atoms with Crippen LogP contribution in [-0.2, 0) is 4.79 Å². The minimum absolute atomic E-state index is 0.833. The number of unbranched alkanes of at least 4 members (excludes halogenated alkanes) is 15. The van der Waals surface area contributed by atoms with Gasteiger partial charge < -0.3 is 5.11 Å². The van der Waals surface area contributed by atoms with Crippen molar-refractivity contribution in [3.63, 3.8) is 0 Å². The number of aliphatic carboxylic acids is 1. The van der Waals surface area contributed by atoms with Crippen molar-refractivity contribution >= 4 is 33.9 Å². The van der Waals surface area contributed by atoms with Crippen LogP contribution in [0.1, 0.15) is 110 Å². The molecular weight excluding hydrogens is 307 g/mol. The summed E-state index contributed by atoms with van der Waals surface area (Å²) in [5.41, 5.74) is 0. The van der Waals surface area contributed by atoms with Crippen LogP contribution in [0.25, 0.3) is 0 Å². The van der Waals surface area contributed by atoms with E-state index in [1.807, 2.05) is 0 Å². The number of hydrogen-bond donors (Lipinski definition) is 1. The van der Waals surface area contributed by atoms with Crippen LogP contribution in [-0.4, -0.2) is 39.0 Å². The van der Waals surface area contributed by atoms with E-state index >= 15 is 0 Å². The molecule has 0 fully saturated rings. The minimum atomic E-state index is -0.981. The Kier molecular flexibility index (Phi) is 28.0. The molecule has 1 N–H and O–H groups in total. The van der Waals surface area contributed by atoms with E-state index in [1.165, 1.54) is 134 Å². The fraction of sp³-hybridized carbons (Fsp3) is 0.857. The van der Waals surface area contributed by atoms with Gasteiger partial charge in [-0.15, -0.1) is 0 Å². The Balaban J connectivity index is 0. The van der Waals surface area contributed by atoms with Gasteiger partial charge >= 0.3 is 108 Å². The molecule has 0 heterocycles. The second kappa shape index (κ2) is 25.5. The van der Waals surface area contributed by atoms with Crippen LogP contribution in [0.4, 0.5) is 0 Å². The van der Waals surface area contributed by atoms with E-state index in [1.54, 1.807) is 0 Å². The van der Waals surface area contributed by atoms with E-state index in [4.69, 9.17) is 5.11 Å². The fourth-order valence-electron chi connectivity index (χ4n) is 2.80. The average Bonchev–Trinajstić information content (AvgIpc) is 2.59. The first-order valence-electron chi connectivity index (χ1n) is 10.5. The Morgan fingerprint density at radius 2 is 1.00 bits per heavy atom. The quantitative estimate of drug-likeness (QED) is 0.173. The van der Waals surface area contributed by atoms with E-state index in [0.717, 1.165) is 6.08 Å². The summed E-state index contributed by atoms with van der Waals surface area (Å²) in [5.74, 6) is -0.981. The van der Waals surface area contributed by atoms with Gasteiger partial charge in [0.1, 0.15) is 0 Å². The Hall–Kier alpha value is 0.210. The van der Waals surface area contributed by atoms with Gasteiger partial charge in [-0.1, -0.05) is 45.6 Å². The molecular formula is C21H41NaO2. The molecule has 24 heavy (non-hydrogen) atoms. The van der Waals surface area contributed by atoms with Crippen molar-refractivity contribution in [3.8, 4) is 0 Å². The summed E-state index contributed by atoms with van der Waals surface area (Å²) < 4.78 is 1.51. The molecule has 138 valence electrons. The van der Waals surface area contributed by atoms with Gasteiger partial charge in [-0.2, -0.15) is 0 Å². The third kappa shape index (κ3) is 30.1. The predicted molar refractivity (Wildman–Crippen MR) is 108 cm³/mol. The van der Waals surface area contributed by atoms with Gasteiger partial charge in [0.15, 0.2) is 0 Å². The number of rotatable bonds is 17. The summed E-state index contributed by atoms with van der Waals surface area (Å²) in [6, 6.07) is 0. The molecule has 0 aromatic carbocycles. The topological polar surface area (TPSA) is 37.3 Å². The molecule has 0 saturated carbocycles. The van der Waals surface area contributed by atoms with Crippen molar-refractivity contribution in [2.75, 3.05) is 0 Å². The van der Waals surface area contributed by atoms with Gasteiger partial charge in [-0.05, 0) is 0 Å².